The van der Waals surface area contributed by atoms with E-state index < -0.39 is 0 Å². The van der Waals surface area contributed by atoms with Gasteiger partial charge in [0, 0.05) is 15.9 Å². The summed E-state index contributed by atoms with van der Waals surface area (Å²) in [5, 5.41) is 11.7. The maximum atomic E-state index is 12.9. The van der Waals surface area contributed by atoms with Crippen LogP contribution in [-0.4, -0.2) is 28.1 Å². The van der Waals surface area contributed by atoms with Crippen molar-refractivity contribution in [2.24, 2.45) is 10.1 Å². The summed E-state index contributed by atoms with van der Waals surface area (Å²) in [5.74, 6) is 0.778. The maximum Gasteiger partial charge on any atom is 0.276 e. The highest BCUT2D eigenvalue weighted by atomic mass is 32.2. The van der Waals surface area contributed by atoms with Crippen molar-refractivity contribution < 1.29 is 4.79 Å². The molecule has 2 aliphatic heterocycles. The van der Waals surface area contributed by atoms with E-state index in [2.05, 4.69) is 42.8 Å². The Morgan fingerprint density at radius 2 is 1.93 bits per heavy atom. The van der Waals surface area contributed by atoms with Crippen LogP contribution in [0.15, 0.2) is 63.5 Å². The Bertz CT molecular complexity index is 1020. The summed E-state index contributed by atoms with van der Waals surface area (Å²) in [6.45, 7) is 2.11. The third kappa shape index (κ3) is 3.49. The second-order valence-electron chi connectivity index (χ2n) is 6.19. The quantitative estimate of drug-likeness (QED) is 0.808. The molecule has 1 amide bonds. The van der Waals surface area contributed by atoms with Gasteiger partial charge in [-0.25, -0.2) is 5.01 Å². The Morgan fingerprint density at radius 1 is 1.15 bits per heavy atom. The second kappa shape index (κ2) is 7.78. The lowest BCUT2D eigenvalue weighted by Crippen LogP contribution is -2.50. The molecule has 1 unspecified atom stereocenters. The van der Waals surface area contributed by atoms with Gasteiger partial charge < -0.3 is 0 Å². The number of para-hydroxylation sites is 1. The van der Waals surface area contributed by atoms with Gasteiger partial charge in [-0.3, -0.25) is 15.1 Å². The van der Waals surface area contributed by atoms with Crippen LogP contribution < -0.4 is 15.9 Å². The molecule has 0 aromatic heterocycles. The minimum Gasteiger partial charge on any atom is -0.298 e. The SMILES string of the molecule is CCCSC1=NN2C(=c3ccccc3=NC2c2ccc(SC)cc2)C(=O)N1. The molecule has 0 bridgehead atoms. The number of amides is 1. The Hall–Kier alpha value is -2.25. The number of fused-ring (bicyclic) bond motifs is 2. The lowest BCUT2D eigenvalue weighted by Gasteiger charge is -2.34. The van der Waals surface area contributed by atoms with E-state index in [9.17, 15) is 4.79 Å². The van der Waals surface area contributed by atoms with Crippen molar-refractivity contribution in [3.8, 4) is 0 Å². The Morgan fingerprint density at radius 3 is 2.67 bits per heavy atom. The average molecular weight is 397 g/mol. The number of nitrogens with zero attached hydrogens (tertiary/aromatic N) is 3. The first-order valence-electron chi connectivity index (χ1n) is 8.84. The van der Waals surface area contributed by atoms with Crippen LogP contribution in [0.4, 0.5) is 0 Å². The van der Waals surface area contributed by atoms with E-state index in [-0.39, 0.29) is 12.1 Å². The first kappa shape index (κ1) is 18.1. The molecule has 138 valence electrons. The van der Waals surface area contributed by atoms with Gasteiger partial charge in [0.2, 0.25) is 0 Å². The molecule has 0 saturated carbocycles. The van der Waals surface area contributed by atoms with E-state index in [4.69, 9.17) is 10.1 Å². The Labute approximate surface area is 166 Å². The summed E-state index contributed by atoms with van der Waals surface area (Å²) in [4.78, 5) is 19.0. The number of carbonyl (C=O) groups is 1. The molecule has 0 saturated heterocycles. The standard InChI is InChI=1S/C20H20N4OS2/c1-3-12-27-20-22-19(25)17-15-6-4-5-7-16(15)21-18(24(17)23-20)13-8-10-14(26-2)11-9-13/h4-11,18H,3,12H2,1-2H3,(H,22,23,25). The monoisotopic (exact) mass is 396 g/mol. The van der Waals surface area contributed by atoms with Gasteiger partial charge in [-0.15, -0.1) is 16.9 Å². The number of hydrogen-bond donors (Lipinski definition) is 1. The zero-order valence-electron chi connectivity index (χ0n) is 15.2. The molecule has 1 N–H and O–H groups in total. The van der Waals surface area contributed by atoms with Crippen molar-refractivity contribution >= 4 is 40.3 Å². The predicted octanol–water partition coefficient (Wildman–Crippen LogP) is 2.69. The van der Waals surface area contributed by atoms with Gasteiger partial charge in [-0.1, -0.05) is 49.0 Å². The molecule has 2 heterocycles. The van der Waals surface area contributed by atoms with Gasteiger partial charge in [0.1, 0.15) is 5.70 Å². The van der Waals surface area contributed by atoms with Crippen molar-refractivity contribution in [1.82, 2.24) is 10.3 Å². The summed E-state index contributed by atoms with van der Waals surface area (Å²) in [6, 6.07) is 16.0. The van der Waals surface area contributed by atoms with Gasteiger partial charge in [0.15, 0.2) is 11.3 Å². The zero-order chi connectivity index (χ0) is 18.8. The lowest BCUT2D eigenvalue weighted by atomic mass is 10.1. The number of hydrazone groups is 1. The van der Waals surface area contributed by atoms with E-state index in [0.717, 1.165) is 28.3 Å². The highest BCUT2D eigenvalue weighted by molar-refractivity contribution is 8.13. The number of hydrogen-bond acceptors (Lipinski definition) is 6. The van der Waals surface area contributed by atoms with Crippen LogP contribution in [0.3, 0.4) is 0 Å². The molecule has 2 aromatic carbocycles. The number of thioether (sulfide) groups is 2. The topological polar surface area (TPSA) is 57.1 Å². The number of amidine groups is 1. The predicted molar refractivity (Wildman–Crippen MR) is 112 cm³/mol. The van der Waals surface area contributed by atoms with Crippen molar-refractivity contribution in [2.45, 2.75) is 24.4 Å². The first-order chi connectivity index (χ1) is 13.2. The van der Waals surface area contributed by atoms with Crippen LogP contribution in [0.25, 0.3) is 5.70 Å². The smallest absolute Gasteiger partial charge is 0.276 e. The minimum absolute atomic E-state index is 0.128. The Balaban J connectivity index is 1.86. The number of rotatable bonds is 4. The highest BCUT2D eigenvalue weighted by Gasteiger charge is 2.34. The summed E-state index contributed by atoms with van der Waals surface area (Å²) >= 11 is 3.26. The van der Waals surface area contributed by atoms with Crippen LogP contribution in [0.5, 0.6) is 0 Å². The summed E-state index contributed by atoms with van der Waals surface area (Å²) in [7, 11) is 0. The number of benzene rings is 2. The van der Waals surface area contributed by atoms with Crippen LogP contribution in [-0.2, 0) is 4.79 Å². The molecule has 27 heavy (non-hydrogen) atoms. The fraction of sp³-hybridized carbons (Fsp3) is 0.250. The van der Waals surface area contributed by atoms with Crippen molar-refractivity contribution in [3.63, 3.8) is 0 Å². The molecule has 0 fully saturated rings. The van der Waals surface area contributed by atoms with Gasteiger partial charge in [0.25, 0.3) is 5.91 Å². The molecule has 0 aliphatic carbocycles. The van der Waals surface area contributed by atoms with E-state index in [0.29, 0.717) is 10.9 Å². The molecular formula is C20H20N4OS2. The number of carbonyl (C=O) groups excluding carboxylic acids is 1. The van der Waals surface area contributed by atoms with Gasteiger partial charge in [0.05, 0.1) is 5.36 Å². The molecule has 0 spiro atoms. The molecule has 0 radical (unpaired) electrons. The average Bonchev–Trinajstić information content (AvgIpc) is 2.71. The van der Waals surface area contributed by atoms with Crippen LogP contribution in [0.1, 0.15) is 25.1 Å². The third-order valence-electron chi connectivity index (χ3n) is 4.37. The molecule has 5 nitrogen and oxygen atoms in total. The van der Waals surface area contributed by atoms with E-state index in [1.807, 2.05) is 24.3 Å². The van der Waals surface area contributed by atoms with E-state index in [1.165, 1.54) is 4.90 Å². The summed E-state index contributed by atoms with van der Waals surface area (Å²) < 4.78 is 0. The molecule has 4 rings (SSSR count). The highest BCUT2D eigenvalue weighted by Crippen LogP contribution is 2.31. The largest absolute Gasteiger partial charge is 0.298 e. The minimum atomic E-state index is -0.353. The molecule has 2 aliphatic rings. The van der Waals surface area contributed by atoms with E-state index >= 15 is 0 Å². The van der Waals surface area contributed by atoms with E-state index in [1.54, 1.807) is 28.5 Å². The Kier molecular flexibility index (Phi) is 5.22. The van der Waals surface area contributed by atoms with Gasteiger partial charge in [-0.05, 0) is 36.4 Å². The van der Waals surface area contributed by atoms with Crippen LogP contribution >= 0.6 is 23.5 Å². The summed E-state index contributed by atoms with van der Waals surface area (Å²) in [5.41, 5.74) is 1.57. The second-order valence-corrected chi connectivity index (χ2v) is 8.16. The van der Waals surface area contributed by atoms with Crippen molar-refractivity contribution in [2.75, 3.05) is 12.0 Å². The third-order valence-corrected chi connectivity index (χ3v) is 6.19. The van der Waals surface area contributed by atoms with Crippen molar-refractivity contribution in [1.29, 1.82) is 0 Å². The van der Waals surface area contributed by atoms with Gasteiger partial charge in [-0.2, -0.15) is 0 Å². The number of nitrogens with one attached hydrogen (secondary N) is 1. The zero-order valence-corrected chi connectivity index (χ0v) is 16.8. The van der Waals surface area contributed by atoms with Gasteiger partial charge >= 0.3 is 0 Å². The fourth-order valence-electron chi connectivity index (χ4n) is 3.08. The molecular weight excluding hydrogens is 376 g/mol. The lowest BCUT2D eigenvalue weighted by molar-refractivity contribution is -0.116. The molecule has 2 aromatic rings. The fourth-order valence-corrected chi connectivity index (χ4v) is 4.20. The maximum absolute atomic E-state index is 12.9. The normalized spacial score (nSPS) is 18.2. The van der Waals surface area contributed by atoms with Crippen molar-refractivity contribution in [3.05, 3.63) is 64.7 Å². The molecule has 7 heteroatoms. The first-order valence-corrected chi connectivity index (χ1v) is 11.1. The van der Waals surface area contributed by atoms with Crippen LogP contribution in [0, 0.1) is 0 Å². The summed E-state index contributed by atoms with van der Waals surface area (Å²) in [6.07, 6.45) is 2.72. The van der Waals surface area contributed by atoms with Crippen LogP contribution in [0.2, 0.25) is 0 Å². The molecule has 1 atom stereocenters.